The predicted octanol–water partition coefficient (Wildman–Crippen LogP) is -2.03. The van der Waals surface area contributed by atoms with Crippen LogP contribution in [0.25, 0.3) is 0 Å². The third-order valence-corrected chi connectivity index (χ3v) is 2.94. The summed E-state index contributed by atoms with van der Waals surface area (Å²) in [4.78, 5) is 55.8. The molecule has 0 radical (unpaired) electrons. The third kappa shape index (κ3) is 9.34. The van der Waals surface area contributed by atoms with Gasteiger partial charge in [-0.2, -0.15) is 12.6 Å². The number of nitrogens with one attached hydrogen (secondary N) is 3. The molecule has 0 aromatic carbocycles. The van der Waals surface area contributed by atoms with Gasteiger partial charge < -0.3 is 26.2 Å². The van der Waals surface area contributed by atoms with Crippen LogP contribution in [0.15, 0.2) is 0 Å². The van der Waals surface area contributed by atoms with E-state index >= 15 is 0 Å². The number of amides is 3. The lowest BCUT2D eigenvalue weighted by Gasteiger charge is -2.21. The van der Waals surface area contributed by atoms with Gasteiger partial charge in [0, 0.05) is 19.1 Å². The number of hydrogen-bond donors (Lipinski definition) is 6. The molecule has 0 unspecified atom stereocenters. The van der Waals surface area contributed by atoms with E-state index in [1.165, 1.54) is 0 Å². The normalized spacial score (nSPS) is 12.6. The van der Waals surface area contributed by atoms with E-state index in [1.54, 1.807) is 0 Å². The van der Waals surface area contributed by atoms with Crippen LogP contribution in [0.2, 0.25) is 0 Å². The molecule has 0 rings (SSSR count). The molecule has 0 spiro atoms. The minimum Gasteiger partial charge on any atom is -0.481 e. The van der Waals surface area contributed by atoms with Gasteiger partial charge in [0.25, 0.3) is 0 Å². The van der Waals surface area contributed by atoms with E-state index in [1.807, 2.05) is 0 Å². The molecular formula is C12H19N3O7S. The van der Waals surface area contributed by atoms with Crippen LogP contribution in [-0.4, -0.2) is 64.3 Å². The Balaban J connectivity index is 4.76. The maximum Gasteiger partial charge on any atom is 0.322 e. The highest BCUT2D eigenvalue weighted by molar-refractivity contribution is 7.80. The molecule has 10 nitrogen and oxygen atoms in total. The summed E-state index contributed by atoms with van der Waals surface area (Å²) >= 11 is 3.89. The zero-order chi connectivity index (χ0) is 18.0. The zero-order valence-electron chi connectivity index (χ0n) is 12.4. The second-order valence-electron chi connectivity index (χ2n) is 4.54. The Bertz CT molecular complexity index is 483. The molecule has 130 valence electrons. The van der Waals surface area contributed by atoms with E-state index in [4.69, 9.17) is 10.2 Å². The Labute approximate surface area is 137 Å². The molecule has 3 amide bonds. The molecule has 11 heteroatoms. The second kappa shape index (κ2) is 10.4. The van der Waals surface area contributed by atoms with Crippen LogP contribution in [-0.2, 0) is 24.0 Å². The number of carboxylic acids is 2. The molecular weight excluding hydrogens is 330 g/mol. The molecule has 0 aliphatic heterocycles. The maximum absolute atomic E-state index is 12.1. The summed E-state index contributed by atoms with van der Waals surface area (Å²) in [5.41, 5.74) is 0. The Hall–Kier alpha value is -2.30. The SMILES string of the molecule is CC(=O)N[C@@H](CCC(=O)O)C(=O)N[C@@H](CS)C(=O)NCC(=O)O. The van der Waals surface area contributed by atoms with Crippen molar-refractivity contribution in [3.05, 3.63) is 0 Å². The topological polar surface area (TPSA) is 162 Å². The van der Waals surface area contributed by atoms with Crippen LogP contribution in [0.5, 0.6) is 0 Å². The molecule has 0 fully saturated rings. The van der Waals surface area contributed by atoms with E-state index < -0.39 is 48.3 Å². The third-order valence-electron chi connectivity index (χ3n) is 2.57. The summed E-state index contributed by atoms with van der Waals surface area (Å²) in [6.07, 6.45) is -0.508. The predicted molar refractivity (Wildman–Crippen MR) is 80.9 cm³/mol. The number of carboxylic acid groups (broad SMARTS) is 2. The summed E-state index contributed by atoms with van der Waals surface area (Å²) in [5, 5.41) is 23.8. The van der Waals surface area contributed by atoms with Gasteiger partial charge in [0.2, 0.25) is 17.7 Å². The lowest BCUT2D eigenvalue weighted by molar-refractivity contribution is -0.138. The van der Waals surface area contributed by atoms with Crippen molar-refractivity contribution in [1.82, 2.24) is 16.0 Å². The number of carbonyl (C=O) groups excluding carboxylic acids is 3. The smallest absolute Gasteiger partial charge is 0.322 e. The Morgan fingerprint density at radius 1 is 0.957 bits per heavy atom. The van der Waals surface area contributed by atoms with Crippen molar-refractivity contribution in [2.75, 3.05) is 12.3 Å². The van der Waals surface area contributed by atoms with Gasteiger partial charge >= 0.3 is 11.9 Å². The van der Waals surface area contributed by atoms with Crippen molar-refractivity contribution in [3.8, 4) is 0 Å². The second-order valence-corrected chi connectivity index (χ2v) is 4.91. The van der Waals surface area contributed by atoms with Gasteiger partial charge in [-0.3, -0.25) is 24.0 Å². The van der Waals surface area contributed by atoms with Gasteiger partial charge in [-0.25, -0.2) is 0 Å². The quantitative estimate of drug-likeness (QED) is 0.248. The molecule has 0 saturated carbocycles. The molecule has 0 aliphatic carbocycles. The highest BCUT2D eigenvalue weighted by Gasteiger charge is 2.26. The fourth-order valence-corrected chi connectivity index (χ4v) is 1.79. The first kappa shape index (κ1) is 20.7. The van der Waals surface area contributed by atoms with Crippen molar-refractivity contribution in [2.45, 2.75) is 31.8 Å². The average Bonchev–Trinajstić information content (AvgIpc) is 2.45. The average molecular weight is 349 g/mol. The van der Waals surface area contributed by atoms with E-state index in [0.717, 1.165) is 6.92 Å². The standard InChI is InChI=1S/C12H19N3O7S/c1-6(16)14-7(2-3-9(17)18)12(22)15-8(5-23)11(21)13-4-10(19)20/h7-8,23H,2-5H2,1H3,(H,13,21)(H,14,16)(H,15,22)(H,17,18)(H,19,20)/t7-,8-/m0/s1. The first-order valence-electron chi connectivity index (χ1n) is 6.57. The Morgan fingerprint density at radius 2 is 1.57 bits per heavy atom. The number of carbonyl (C=O) groups is 5. The largest absolute Gasteiger partial charge is 0.481 e. The lowest BCUT2D eigenvalue weighted by atomic mass is 10.1. The van der Waals surface area contributed by atoms with Crippen molar-refractivity contribution >= 4 is 42.3 Å². The fraction of sp³-hybridized carbons (Fsp3) is 0.583. The summed E-state index contributed by atoms with van der Waals surface area (Å²) in [6, 6.07) is -2.25. The number of hydrogen-bond acceptors (Lipinski definition) is 6. The van der Waals surface area contributed by atoms with E-state index in [0.29, 0.717) is 0 Å². The zero-order valence-corrected chi connectivity index (χ0v) is 13.3. The van der Waals surface area contributed by atoms with E-state index in [9.17, 15) is 24.0 Å². The van der Waals surface area contributed by atoms with Crippen LogP contribution in [0.3, 0.4) is 0 Å². The van der Waals surface area contributed by atoms with Crippen LogP contribution in [0.4, 0.5) is 0 Å². The number of aliphatic carboxylic acids is 2. The molecule has 0 bridgehead atoms. The first-order chi connectivity index (χ1) is 10.7. The summed E-state index contributed by atoms with van der Waals surface area (Å²) < 4.78 is 0. The van der Waals surface area contributed by atoms with Gasteiger partial charge in [0.15, 0.2) is 0 Å². The molecule has 0 heterocycles. The summed E-state index contributed by atoms with van der Waals surface area (Å²) in [7, 11) is 0. The fourth-order valence-electron chi connectivity index (χ4n) is 1.53. The summed E-state index contributed by atoms with van der Waals surface area (Å²) in [5.74, 6) is -4.55. The first-order valence-corrected chi connectivity index (χ1v) is 7.20. The van der Waals surface area contributed by atoms with Gasteiger partial charge in [-0.05, 0) is 6.42 Å². The molecule has 0 aliphatic rings. The summed E-state index contributed by atoms with van der Waals surface area (Å²) in [6.45, 7) is 0.545. The molecule has 0 saturated heterocycles. The van der Waals surface area contributed by atoms with E-state index in [2.05, 4.69) is 28.6 Å². The molecule has 5 N–H and O–H groups in total. The molecule has 0 aromatic heterocycles. The lowest BCUT2D eigenvalue weighted by Crippen LogP contribution is -2.54. The highest BCUT2D eigenvalue weighted by Crippen LogP contribution is 2.00. The number of rotatable bonds is 10. The van der Waals surface area contributed by atoms with Crippen LogP contribution >= 0.6 is 12.6 Å². The number of thiol groups is 1. The van der Waals surface area contributed by atoms with Gasteiger partial charge in [0.1, 0.15) is 18.6 Å². The Kier molecular flexibility index (Phi) is 9.39. The minimum atomic E-state index is -1.25. The van der Waals surface area contributed by atoms with Crippen molar-refractivity contribution in [2.24, 2.45) is 0 Å². The van der Waals surface area contributed by atoms with Crippen LogP contribution in [0.1, 0.15) is 19.8 Å². The Morgan fingerprint density at radius 3 is 2.00 bits per heavy atom. The molecule has 23 heavy (non-hydrogen) atoms. The van der Waals surface area contributed by atoms with Crippen LogP contribution < -0.4 is 16.0 Å². The van der Waals surface area contributed by atoms with Gasteiger partial charge in [-0.15, -0.1) is 0 Å². The van der Waals surface area contributed by atoms with Crippen molar-refractivity contribution in [3.63, 3.8) is 0 Å². The molecule has 2 atom stereocenters. The van der Waals surface area contributed by atoms with Crippen molar-refractivity contribution in [1.29, 1.82) is 0 Å². The van der Waals surface area contributed by atoms with Gasteiger partial charge in [0.05, 0.1) is 0 Å². The maximum atomic E-state index is 12.1. The van der Waals surface area contributed by atoms with Crippen LogP contribution in [0, 0.1) is 0 Å². The van der Waals surface area contributed by atoms with E-state index in [-0.39, 0.29) is 18.6 Å². The van der Waals surface area contributed by atoms with Gasteiger partial charge in [-0.1, -0.05) is 0 Å². The highest BCUT2D eigenvalue weighted by atomic mass is 32.1. The monoisotopic (exact) mass is 349 g/mol. The molecule has 0 aromatic rings. The van der Waals surface area contributed by atoms with Crippen molar-refractivity contribution < 1.29 is 34.2 Å². The minimum absolute atomic E-state index is 0.108.